The highest BCUT2D eigenvalue weighted by molar-refractivity contribution is 7.86. The van der Waals surface area contributed by atoms with Gasteiger partial charge in [-0.1, -0.05) is 57.6 Å². The van der Waals surface area contributed by atoms with Crippen LogP contribution in [0.5, 0.6) is 17.2 Å². The molecule has 0 spiro atoms. The molecule has 0 aliphatic rings. The molecule has 0 saturated carbocycles. The van der Waals surface area contributed by atoms with E-state index in [2.05, 4.69) is 6.92 Å². The molecule has 0 radical (unpaired) electrons. The van der Waals surface area contributed by atoms with Gasteiger partial charge in [0.15, 0.2) is 5.75 Å². The van der Waals surface area contributed by atoms with Crippen LogP contribution in [0.3, 0.4) is 0 Å². The topological polar surface area (TPSA) is 83.8 Å². The molecule has 0 aromatic heterocycles. The van der Waals surface area contributed by atoms with Crippen molar-refractivity contribution in [1.29, 1.82) is 0 Å². The number of phenols is 1. The number of aromatic hydroxyl groups is 1. The molecule has 2 aromatic carbocycles. The third-order valence-corrected chi connectivity index (χ3v) is 5.32. The van der Waals surface area contributed by atoms with Gasteiger partial charge in [-0.05, 0) is 42.7 Å². The minimum absolute atomic E-state index is 0.114. The molecule has 0 fully saturated rings. The maximum absolute atomic E-state index is 11.4. The van der Waals surface area contributed by atoms with Crippen molar-refractivity contribution < 1.29 is 22.8 Å². The summed E-state index contributed by atoms with van der Waals surface area (Å²) in [5, 5.41) is 9.56. The molecule has 0 aliphatic heterocycles. The highest BCUT2D eigenvalue weighted by Crippen LogP contribution is 2.32. The number of ether oxygens (including phenoxy) is 1. The van der Waals surface area contributed by atoms with Crippen LogP contribution in [0.1, 0.15) is 57.4 Å². The van der Waals surface area contributed by atoms with Gasteiger partial charge in [-0.2, -0.15) is 8.42 Å². The van der Waals surface area contributed by atoms with Gasteiger partial charge in [0.1, 0.15) is 16.4 Å². The second kappa shape index (κ2) is 10.3. The van der Waals surface area contributed by atoms with E-state index in [4.69, 9.17) is 4.74 Å². The molecule has 0 aliphatic carbocycles. The van der Waals surface area contributed by atoms with Crippen molar-refractivity contribution in [3.05, 3.63) is 48.0 Å². The second-order valence-corrected chi connectivity index (χ2v) is 8.11. The van der Waals surface area contributed by atoms with Gasteiger partial charge >= 0.3 is 0 Å². The Kier molecular flexibility index (Phi) is 8.13. The maximum Gasteiger partial charge on any atom is 0.298 e. The minimum Gasteiger partial charge on any atom is -0.508 e. The van der Waals surface area contributed by atoms with Crippen LogP contribution < -0.4 is 4.74 Å². The summed E-state index contributed by atoms with van der Waals surface area (Å²) in [7, 11) is -4.44. The van der Waals surface area contributed by atoms with Crippen molar-refractivity contribution in [3.63, 3.8) is 0 Å². The van der Waals surface area contributed by atoms with Gasteiger partial charge in [-0.25, -0.2) is 0 Å². The molecule has 27 heavy (non-hydrogen) atoms. The van der Waals surface area contributed by atoms with Crippen LogP contribution in [0.25, 0.3) is 0 Å². The molecule has 2 rings (SSSR count). The van der Waals surface area contributed by atoms with Crippen molar-refractivity contribution in [2.75, 3.05) is 0 Å². The van der Waals surface area contributed by atoms with E-state index in [-0.39, 0.29) is 16.4 Å². The number of hydrogen-bond acceptors (Lipinski definition) is 4. The fraction of sp³-hybridized carbons (Fsp3) is 0.429. The van der Waals surface area contributed by atoms with E-state index in [0.717, 1.165) is 25.0 Å². The Hall–Kier alpha value is -2.05. The minimum atomic E-state index is -4.44. The monoisotopic (exact) mass is 392 g/mol. The Balaban J connectivity index is 1.90. The Bertz CT molecular complexity index is 813. The first-order valence-corrected chi connectivity index (χ1v) is 10.9. The van der Waals surface area contributed by atoms with Crippen molar-refractivity contribution >= 4 is 10.1 Å². The molecule has 0 unspecified atom stereocenters. The Labute approximate surface area is 161 Å². The normalized spacial score (nSPS) is 11.5. The number of aryl methyl sites for hydroxylation is 1. The van der Waals surface area contributed by atoms with Crippen LogP contribution in [-0.4, -0.2) is 18.1 Å². The van der Waals surface area contributed by atoms with Crippen molar-refractivity contribution in [2.45, 2.75) is 63.2 Å². The zero-order valence-corrected chi connectivity index (χ0v) is 16.5. The molecule has 0 bridgehead atoms. The van der Waals surface area contributed by atoms with Crippen LogP contribution in [0.4, 0.5) is 0 Å². The molecule has 5 nitrogen and oxygen atoms in total. The largest absolute Gasteiger partial charge is 0.508 e. The van der Waals surface area contributed by atoms with Gasteiger partial charge in [-0.3, -0.25) is 4.55 Å². The summed E-state index contributed by atoms with van der Waals surface area (Å²) in [5.41, 5.74) is 1.20. The Morgan fingerprint density at radius 3 is 2.15 bits per heavy atom. The van der Waals surface area contributed by atoms with Crippen LogP contribution >= 0.6 is 0 Å². The van der Waals surface area contributed by atoms with Crippen LogP contribution in [-0.2, 0) is 16.5 Å². The third-order valence-electron chi connectivity index (χ3n) is 4.43. The lowest BCUT2D eigenvalue weighted by atomic mass is 10.0. The molecule has 0 heterocycles. The number of phenolic OH excluding ortho intramolecular Hbond substituents is 1. The van der Waals surface area contributed by atoms with E-state index >= 15 is 0 Å². The van der Waals surface area contributed by atoms with Crippen molar-refractivity contribution in [1.82, 2.24) is 0 Å². The van der Waals surface area contributed by atoms with Gasteiger partial charge in [0.25, 0.3) is 10.1 Å². The van der Waals surface area contributed by atoms with E-state index in [0.29, 0.717) is 5.75 Å². The first kappa shape index (κ1) is 21.3. The average molecular weight is 393 g/mol. The molecule has 0 amide bonds. The summed E-state index contributed by atoms with van der Waals surface area (Å²) in [4.78, 5) is -0.382. The van der Waals surface area contributed by atoms with E-state index in [9.17, 15) is 18.1 Å². The Morgan fingerprint density at radius 1 is 0.889 bits per heavy atom. The van der Waals surface area contributed by atoms with Gasteiger partial charge < -0.3 is 9.84 Å². The van der Waals surface area contributed by atoms with Crippen molar-refractivity contribution in [3.8, 4) is 17.2 Å². The lowest BCUT2D eigenvalue weighted by Crippen LogP contribution is -2.01. The maximum atomic E-state index is 11.4. The smallest absolute Gasteiger partial charge is 0.298 e. The zero-order chi connectivity index (χ0) is 19.7. The highest BCUT2D eigenvalue weighted by atomic mass is 32.2. The molecule has 2 aromatic rings. The average Bonchev–Trinajstić information content (AvgIpc) is 2.61. The van der Waals surface area contributed by atoms with Gasteiger partial charge in [-0.15, -0.1) is 0 Å². The van der Waals surface area contributed by atoms with E-state index in [1.807, 2.05) is 12.1 Å². The molecular formula is C21H28O5S. The molecule has 0 saturated heterocycles. The Morgan fingerprint density at radius 2 is 1.52 bits per heavy atom. The molecule has 2 N–H and O–H groups in total. The van der Waals surface area contributed by atoms with Crippen molar-refractivity contribution in [2.24, 2.45) is 0 Å². The van der Waals surface area contributed by atoms with E-state index < -0.39 is 10.1 Å². The number of benzene rings is 2. The van der Waals surface area contributed by atoms with Gasteiger partial charge in [0.2, 0.25) is 0 Å². The fourth-order valence-corrected chi connectivity index (χ4v) is 3.52. The molecular weight excluding hydrogens is 364 g/mol. The molecule has 0 atom stereocenters. The fourth-order valence-electron chi connectivity index (χ4n) is 2.93. The van der Waals surface area contributed by atoms with Gasteiger partial charge in [0, 0.05) is 6.07 Å². The number of hydrogen-bond donors (Lipinski definition) is 2. The van der Waals surface area contributed by atoms with Crippen LogP contribution in [0.15, 0.2) is 47.4 Å². The van der Waals surface area contributed by atoms with E-state index in [1.54, 1.807) is 12.1 Å². The predicted octanol–water partition coefficient (Wildman–Crippen LogP) is 5.72. The summed E-state index contributed by atoms with van der Waals surface area (Å²) in [6.07, 6.45) is 9.86. The van der Waals surface area contributed by atoms with E-state index in [1.165, 1.54) is 50.2 Å². The first-order chi connectivity index (χ1) is 12.9. The summed E-state index contributed by atoms with van der Waals surface area (Å²) in [5.74, 6) is 0.180. The highest BCUT2D eigenvalue weighted by Gasteiger charge is 2.18. The summed E-state index contributed by atoms with van der Waals surface area (Å²) in [6.45, 7) is 2.22. The first-order valence-electron chi connectivity index (χ1n) is 9.47. The van der Waals surface area contributed by atoms with Crippen LogP contribution in [0.2, 0.25) is 0 Å². The summed E-state index contributed by atoms with van der Waals surface area (Å²) in [6, 6.07) is 10.9. The summed E-state index contributed by atoms with van der Waals surface area (Å²) < 4.78 is 37.7. The zero-order valence-electron chi connectivity index (χ0n) is 15.7. The number of rotatable bonds is 11. The molecule has 148 valence electrons. The van der Waals surface area contributed by atoms with Gasteiger partial charge in [0.05, 0.1) is 0 Å². The standard InChI is InChI=1S/C21H28O5S/c1-2-3-4-5-6-7-8-9-17-10-13-19(14-11-17)26-20-16-18(22)12-15-21(20)27(23,24)25/h10-16,22H,2-9H2,1H3,(H,23,24,25). The SMILES string of the molecule is CCCCCCCCCc1ccc(Oc2cc(O)ccc2S(=O)(=O)O)cc1. The lowest BCUT2D eigenvalue weighted by Gasteiger charge is -2.10. The number of unbranched alkanes of at least 4 members (excludes halogenated alkanes) is 6. The quantitative estimate of drug-likeness (QED) is 0.377. The third kappa shape index (κ3) is 7.23. The molecule has 6 heteroatoms. The second-order valence-electron chi connectivity index (χ2n) is 6.72. The van der Waals surface area contributed by atoms with Crippen LogP contribution in [0, 0.1) is 0 Å². The summed E-state index contributed by atoms with van der Waals surface area (Å²) >= 11 is 0. The predicted molar refractivity (Wildman–Crippen MR) is 106 cm³/mol. The lowest BCUT2D eigenvalue weighted by molar-refractivity contribution is 0.437.